The zero-order valence-corrected chi connectivity index (χ0v) is 30.8. The summed E-state index contributed by atoms with van der Waals surface area (Å²) in [6.07, 6.45) is 4.93. The molecule has 1 saturated carbocycles. The Balaban J connectivity index is -0.000000812. The molecule has 0 aromatic heterocycles. The van der Waals surface area contributed by atoms with Crippen molar-refractivity contribution < 1.29 is 33.4 Å². The molecule has 1 heterocycles. The van der Waals surface area contributed by atoms with Gasteiger partial charge in [0.15, 0.2) is 0 Å². The summed E-state index contributed by atoms with van der Waals surface area (Å²) in [5.74, 6) is -1.12. The van der Waals surface area contributed by atoms with Crippen LogP contribution in [0.3, 0.4) is 0 Å². The van der Waals surface area contributed by atoms with Crippen molar-refractivity contribution in [3.8, 4) is 6.26 Å². The Bertz CT molecular complexity index is 843. The molecule has 2 rings (SSSR count). The molecule has 12 nitrogen and oxygen atoms in total. The highest BCUT2D eigenvalue weighted by Crippen LogP contribution is 2.46. The first-order chi connectivity index (χ1) is 19.3. The normalized spacial score (nSPS) is 20.5. The highest BCUT2D eigenvalue weighted by molar-refractivity contribution is 14.3. The van der Waals surface area contributed by atoms with Crippen molar-refractivity contribution in [2.45, 2.75) is 66.3 Å². The summed E-state index contributed by atoms with van der Waals surface area (Å²) in [5.41, 5.74) is 5.08. The second-order valence-electron chi connectivity index (χ2n) is 12.2. The van der Waals surface area contributed by atoms with Gasteiger partial charge in [-0.2, -0.15) is 5.26 Å². The average molecular weight is 846 g/mol. The van der Waals surface area contributed by atoms with Crippen molar-refractivity contribution in [1.82, 2.24) is 15.5 Å². The van der Waals surface area contributed by atoms with E-state index in [1.165, 1.54) is 0 Å². The molecule has 1 aliphatic heterocycles. The fourth-order valence-corrected chi connectivity index (χ4v) is 4.71. The summed E-state index contributed by atoms with van der Waals surface area (Å²) < 4.78 is 16.0. The number of amides is 2. The van der Waals surface area contributed by atoms with Crippen LogP contribution in [-0.2, 0) is 19.1 Å². The number of likely N-dealkylation sites (N-methyl/N-ethyl adjacent to an activating group) is 2. The van der Waals surface area contributed by atoms with Crippen molar-refractivity contribution in [1.29, 1.82) is 6.54 Å². The van der Waals surface area contributed by atoms with E-state index in [1.54, 1.807) is 6.26 Å². The lowest BCUT2D eigenvalue weighted by Gasteiger charge is -2.46. The lowest BCUT2D eigenvalue weighted by Crippen LogP contribution is -2.52. The topological polar surface area (TPSA) is 170 Å². The molecule has 2 unspecified atom stereocenters. The number of carboxylic acid groups (broad SMARTS) is 1. The predicted molar refractivity (Wildman–Crippen MR) is 185 cm³/mol. The summed E-state index contributed by atoms with van der Waals surface area (Å²) in [6.45, 7) is 10.7. The number of cyclic esters (lactones) is 1. The Hall–Kier alpha value is -0.730. The van der Waals surface area contributed by atoms with E-state index >= 15 is 0 Å². The first-order valence-electron chi connectivity index (χ1n) is 13.9. The zero-order valence-electron chi connectivity index (χ0n) is 26.6. The van der Waals surface area contributed by atoms with Crippen LogP contribution < -0.4 is 21.5 Å². The Morgan fingerprint density at radius 2 is 1.86 bits per heavy atom. The van der Waals surface area contributed by atoms with Crippen LogP contribution in [0.2, 0.25) is 0 Å². The number of nitrogens with zero attached hydrogens (tertiary/aromatic N) is 3. The van der Waals surface area contributed by atoms with Crippen LogP contribution in [0.5, 0.6) is 0 Å². The Morgan fingerprint density at radius 3 is 2.24 bits per heavy atom. The van der Waals surface area contributed by atoms with Crippen molar-refractivity contribution in [3.63, 3.8) is 0 Å². The molecule has 2 atom stereocenters. The fourth-order valence-electron chi connectivity index (χ4n) is 4.71. The number of nitriles is 1. The van der Waals surface area contributed by atoms with Crippen LogP contribution in [0.1, 0.15) is 60.3 Å². The molecule has 0 spiro atoms. The monoisotopic (exact) mass is 845 g/mol. The van der Waals surface area contributed by atoms with Crippen LogP contribution >= 0.6 is 47.9 Å². The van der Waals surface area contributed by atoms with E-state index in [2.05, 4.69) is 85.1 Å². The third-order valence-electron chi connectivity index (χ3n) is 6.33. The number of esters is 1. The molecule has 0 aromatic rings. The van der Waals surface area contributed by atoms with E-state index < -0.39 is 9.78 Å². The van der Waals surface area contributed by atoms with Crippen molar-refractivity contribution in [3.05, 3.63) is 0 Å². The van der Waals surface area contributed by atoms with Crippen molar-refractivity contribution in [2.24, 2.45) is 16.6 Å². The molecular formula is C27H55I2N6O6P. The van der Waals surface area contributed by atoms with Gasteiger partial charge in [0.25, 0.3) is 6.26 Å². The number of urea groups is 1. The number of hydrogen-bond acceptors (Lipinski definition) is 9. The van der Waals surface area contributed by atoms with Crippen LogP contribution in [0.4, 0.5) is 4.79 Å². The summed E-state index contributed by atoms with van der Waals surface area (Å²) in [4.78, 5) is 34.6. The molecule has 4 N–H and O–H groups in total. The molecule has 1 aliphatic carbocycles. The third kappa shape index (κ3) is 26.9. The van der Waals surface area contributed by atoms with E-state index in [-0.39, 0.29) is 42.7 Å². The maximum atomic E-state index is 12.3. The van der Waals surface area contributed by atoms with Gasteiger partial charge >= 0.3 is 12.0 Å². The van der Waals surface area contributed by atoms with Crippen molar-refractivity contribution >= 4 is 65.9 Å². The van der Waals surface area contributed by atoms with Crippen LogP contribution in [0, 0.1) is 22.3 Å². The number of rotatable bonds is 11. The number of halogens is 2. The lowest BCUT2D eigenvalue weighted by molar-refractivity contribution is -0.888. The van der Waals surface area contributed by atoms with Crippen molar-refractivity contribution in [2.75, 3.05) is 74.1 Å². The number of nitrogens with one attached hydrogen (secondary N) is 2. The van der Waals surface area contributed by atoms with E-state index in [0.717, 1.165) is 32.4 Å². The maximum Gasteiger partial charge on any atom is 0.315 e. The first-order valence-corrected chi connectivity index (χ1v) is 19.9. The SMILES string of the molecule is C.CC1(C)CC(NC(=O)NCC[N+](C)(C)CCC(=O)[O-])CC(C)(COC#N)C1.CN(C)CCN.O=C1CCO1.[2H]P(I)I. The number of carbonyl (C=O) groups excluding carboxylic acids is 3. The highest BCUT2D eigenvalue weighted by Gasteiger charge is 2.42. The molecule has 2 fully saturated rings. The first kappa shape index (κ1) is 43.4. The molecule has 0 bridgehead atoms. The van der Waals surface area contributed by atoms with E-state index in [4.69, 9.17) is 17.0 Å². The molecule has 0 aromatic carbocycles. The van der Waals surface area contributed by atoms with E-state index in [9.17, 15) is 19.5 Å². The van der Waals surface area contributed by atoms with Crippen LogP contribution in [0.15, 0.2) is 0 Å². The standard InChI is InChI=1S/C19H34N4O4.C4H12N2.C3H4O2.CH4.HI2P/c1-18(2)10-15(11-19(3,12-18)13-27-14-20)22-17(26)21-7-9-23(4,5)8-6-16(24)25;1-6(2)4-3-5;4-3-1-2-5-3;;1-3-2/h15H,6-13H2,1-5H3,(H2-,21,22,24,25,26);3-5H2,1-2H3;1-2H2;1H4;3H/i;;;;3D. The fraction of sp³-hybridized carbons (Fsp3) is 0.852. The number of carboxylic acids is 1. The largest absolute Gasteiger partial charge is 0.550 e. The summed E-state index contributed by atoms with van der Waals surface area (Å²) in [7, 11) is 7.86. The van der Waals surface area contributed by atoms with Gasteiger partial charge in [0.05, 0.1) is 41.4 Å². The molecule has 15 heteroatoms. The smallest absolute Gasteiger partial charge is 0.315 e. The highest BCUT2D eigenvalue weighted by atomic mass is 127. The van der Waals surface area contributed by atoms with E-state index in [0.29, 0.717) is 43.8 Å². The average Bonchev–Trinajstić information content (AvgIpc) is 2.79. The van der Waals surface area contributed by atoms with Gasteiger partial charge in [-0.15, -0.1) is 0 Å². The van der Waals surface area contributed by atoms with Gasteiger partial charge in [-0.25, -0.2) is 4.79 Å². The Kier molecular flexibility index (Phi) is 25.4. The molecule has 2 aliphatic rings. The number of quaternary nitrogens is 1. The molecule has 1 saturated heterocycles. The number of ether oxygens (including phenoxy) is 2. The zero-order chi connectivity index (χ0) is 33.0. The summed E-state index contributed by atoms with van der Waals surface area (Å²) in [6, 6.07) is -0.206. The molecular weight excluding hydrogens is 789 g/mol. The number of carbonyl (C=O) groups is 3. The van der Waals surface area contributed by atoms with Gasteiger partial charge in [-0.3, -0.25) is 4.79 Å². The third-order valence-corrected chi connectivity index (χ3v) is 6.33. The minimum atomic E-state index is -1.06. The van der Waals surface area contributed by atoms with Gasteiger partial charge in [0, 0.05) is 40.7 Å². The number of aliphatic carboxylic acids is 1. The molecule has 42 heavy (non-hydrogen) atoms. The maximum absolute atomic E-state index is 12.3. The minimum absolute atomic E-state index is 0. The van der Waals surface area contributed by atoms with Gasteiger partial charge in [0.1, 0.15) is 13.2 Å². The van der Waals surface area contributed by atoms with Crippen LogP contribution in [0.25, 0.3) is 0 Å². The lowest BCUT2D eigenvalue weighted by atomic mass is 9.63. The number of hydrogen-bond donors (Lipinski definition) is 3. The Morgan fingerprint density at radius 1 is 1.31 bits per heavy atom. The van der Waals surface area contributed by atoms with Gasteiger partial charge in [-0.05, 0) is 82.9 Å². The molecule has 248 valence electrons. The van der Waals surface area contributed by atoms with Gasteiger partial charge in [0.2, 0.25) is 0 Å². The van der Waals surface area contributed by atoms with Gasteiger partial charge < -0.3 is 45.1 Å². The minimum Gasteiger partial charge on any atom is -0.550 e. The second kappa shape index (κ2) is 24.6. The van der Waals surface area contributed by atoms with Gasteiger partial charge in [-0.1, -0.05) is 28.2 Å². The molecule has 0 radical (unpaired) electrons. The van der Waals surface area contributed by atoms with Crippen LogP contribution in [-0.4, -0.2) is 109 Å². The predicted octanol–water partition coefficient (Wildman–Crippen LogP) is 3.03. The number of nitrogens with two attached hydrogens (primary N) is 1. The second-order valence-corrected chi connectivity index (χ2v) is 20.7. The van der Waals surface area contributed by atoms with E-state index in [1.807, 2.05) is 28.2 Å². The quantitative estimate of drug-likeness (QED) is 0.0931. The summed E-state index contributed by atoms with van der Waals surface area (Å²) in [5, 5.41) is 25.2. The Labute approximate surface area is 283 Å². The molecule has 2 amide bonds. The summed E-state index contributed by atoms with van der Waals surface area (Å²) >= 11 is 4.12.